The molecule has 0 saturated heterocycles. The molecule has 1 aliphatic heterocycles. The molecule has 2 aliphatic rings. The molecule has 3 aromatic heterocycles. The minimum Gasteiger partial charge on any atom is -0.497 e. The highest BCUT2D eigenvalue weighted by Gasteiger charge is 2.37. The van der Waals surface area contributed by atoms with Gasteiger partial charge in [0.25, 0.3) is 0 Å². The predicted molar refractivity (Wildman–Crippen MR) is 250 cm³/mol. The van der Waals surface area contributed by atoms with Crippen molar-refractivity contribution in [2.24, 2.45) is 21.6 Å². The average molecular weight is 873 g/mol. The van der Waals surface area contributed by atoms with Gasteiger partial charge < -0.3 is 9.64 Å². The Morgan fingerprint density at radius 3 is 1.97 bits per heavy atom. The fraction of sp³-hybridized carbons (Fsp3) is 0.182. The Balaban J connectivity index is -0.000000237. The number of rotatable bonds is 8. The first-order chi connectivity index (χ1) is 30.4. The summed E-state index contributed by atoms with van der Waals surface area (Å²) in [5.74, 6) is 49.4. The Bertz CT molecular complexity index is 3060. The number of hydrogen-bond acceptors (Lipinski definition) is 12. The van der Waals surface area contributed by atoms with E-state index in [4.69, 9.17) is 28.4 Å². The highest BCUT2D eigenvalue weighted by Crippen LogP contribution is 2.44. The summed E-state index contributed by atoms with van der Waals surface area (Å²) in [7, 11) is 1.63. The van der Waals surface area contributed by atoms with Crippen molar-refractivity contribution in [2.45, 2.75) is 32.2 Å². The van der Waals surface area contributed by atoms with Crippen molar-refractivity contribution in [3.05, 3.63) is 52.2 Å². The normalized spacial score (nSPS) is 10.8. The van der Waals surface area contributed by atoms with Gasteiger partial charge in [-0.1, -0.05) is 28.5 Å². The van der Waals surface area contributed by atoms with Crippen LogP contribution in [0.4, 0.5) is 5.00 Å². The number of anilines is 1. The van der Waals surface area contributed by atoms with Crippen LogP contribution in [0.5, 0.6) is 5.75 Å². The Morgan fingerprint density at radius 2 is 1.50 bits per heavy atom. The van der Waals surface area contributed by atoms with Gasteiger partial charge in [-0.15, -0.1) is 12.8 Å². The summed E-state index contributed by atoms with van der Waals surface area (Å²) in [5, 5.41) is 21.9. The molecule has 0 radical (unpaired) electrons. The zero-order chi connectivity index (χ0) is 44.4. The number of terminal acetylenes is 2. The molecule has 16 nitrogen and oxygen atoms in total. The summed E-state index contributed by atoms with van der Waals surface area (Å²) in [6.45, 7) is 1.14. The number of carbonyl (C=O) groups excluding carboxylic acids is 1. The Hall–Kier alpha value is -8.81. The second-order valence-electron chi connectivity index (χ2n) is 11.4. The molecule has 62 heavy (non-hydrogen) atoms. The molecule has 4 heterocycles. The zero-order valence-electron chi connectivity index (χ0n) is 32.2. The van der Waals surface area contributed by atoms with Crippen molar-refractivity contribution in [1.29, 1.82) is 5.53 Å². The number of methoxy groups -OCH3 is 1. The highest BCUT2D eigenvalue weighted by atomic mass is 32.1. The molecule has 1 saturated carbocycles. The van der Waals surface area contributed by atoms with Gasteiger partial charge in [-0.25, -0.2) is 15.0 Å². The van der Waals surface area contributed by atoms with Crippen molar-refractivity contribution >= 4 is 51.0 Å². The maximum Gasteiger partial charge on any atom is 0.352 e. The first-order valence-corrected chi connectivity index (χ1v) is 18.5. The van der Waals surface area contributed by atoms with Gasteiger partial charge in [0.1, 0.15) is 21.9 Å². The summed E-state index contributed by atoms with van der Waals surface area (Å²) in [4.78, 5) is 36.8. The zero-order valence-corrected chi connectivity index (χ0v) is 33.9. The van der Waals surface area contributed by atoms with Crippen LogP contribution >= 0.6 is 24.2 Å². The Morgan fingerprint density at radius 1 is 0.952 bits per heavy atom. The summed E-state index contributed by atoms with van der Waals surface area (Å²) < 4.78 is 12.2. The number of ether oxygens (including phenoxy) is 1. The minimum atomic E-state index is -0.227. The van der Waals surface area contributed by atoms with E-state index in [2.05, 4.69) is 166 Å². The smallest absolute Gasteiger partial charge is 0.352 e. The summed E-state index contributed by atoms with van der Waals surface area (Å²) >= 11 is 4.68. The third-order valence-electron chi connectivity index (χ3n) is 7.65. The lowest BCUT2D eigenvalue weighted by molar-refractivity contribution is -0.478. The third kappa shape index (κ3) is 13.7. The summed E-state index contributed by atoms with van der Waals surface area (Å²) in [6, 6.07) is 7.69. The first-order valence-electron chi connectivity index (χ1n) is 17.4. The van der Waals surface area contributed by atoms with E-state index in [0.717, 1.165) is 64.3 Å². The van der Waals surface area contributed by atoms with Crippen LogP contribution in [0.3, 0.4) is 0 Å². The van der Waals surface area contributed by atoms with Crippen LogP contribution in [0.25, 0.3) is 15.9 Å². The minimum absolute atomic E-state index is 0. The molecule has 318 valence electrons. The number of aryl methyl sites for hydroxylation is 1. The second kappa shape index (κ2) is 25.5. The number of amides is 1. The Labute approximate surface area is 378 Å². The Kier molecular flexibility index (Phi) is 18.9. The fourth-order valence-corrected chi connectivity index (χ4v) is 6.50. The molecule has 1 amide bonds. The van der Waals surface area contributed by atoms with Gasteiger partial charge in [-0.05, 0) is 149 Å². The molecule has 1 aromatic carbocycles. The monoisotopic (exact) mass is 872 g/mol. The maximum atomic E-state index is 13.3. The molecule has 6 rings (SSSR count). The maximum absolute atomic E-state index is 13.3. The molecule has 0 bridgehead atoms. The number of nitrogens with zero attached hydrogens (tertiary/aromatic N) is 9. The molecule has 0 atom stereocenters. The fourth-order valence-electron chi connectivity index (χ4n) is 5.07. The topological polar surface area (TPSA) is 185 Å². The molecular formula is C44H44N10O6S2. The van der Waals surface area contributed by atoms with Crippen molar-refractivity contribution in [3.63, 3.8) is 0 Å². The van der Waals surface area contributed by atoms with E-state index in [1.807, 2.05) is 29.2 Å². The SMILES string of the molecule is C#CC#CC#CC#CC#CC#CC#CC#CC#CC#CC#C.COc1ccc(Cn2c(=O)n3ncnc3c3c4c(sc32)N(C(=O)C2CC2)CCC4)cc1.N=N/N=N/N(OO)OS.[HH].[HH].[HH].[HH].[HH].[HH].[HH].[HH].[HH]. The van der Waals surface area contributed by atoms with E-state index in [0.29, 0.717) is 12.2 Å². The summed E-state index contributed by atoms with van der Waals surface area (Å²) in [5.41, 5.74) is 8.51. The average Bonchev–Trinajstić information content (AvgIpc) is 3.91. The molecule has 4 aromatic rings. The van der Waals surface area contributed by atoms with Crippen LogP contribution in [-0.2, 0) is 27.0 Å². The number of benzene rings is 1. The number of nitrogens with one attached hydrogen (secondary N) is 1. The van der Waals surface area contributed by atoms with Gasteiger partial charge >= 0.3 is 5.69 Å². The number of fused-ring (bicyclic) bond motifs is 5. The van der Waals surface area contributed by atoms with E-state index in [1.54, 1.807) is 11.7 Å². The lowest BCUT2D eigenvalue weighted by Crippen LogP contribution is -2.35. The molecule has 18 heteroatoms. The van der Waals surface area contributed by atoms with Crippen molar-refractivity contribution < 1.29 is 36.9 Å². The number of carbonyl (C=O) groups is 1. The molecule has 0 unspecified atom stereocenters. The van der Waals surface area contributed by atoms with Crippen LogP contribution in [-0.4, -0.2) is 49.3 Å². The van der Waals surface area contributed by atoms with Crippen molar-refractivity contribution in [3.8, 4) is 137 Å². The quantitative estimate of drug-likeness (QED) is 0.0468. The lowest BCUT2D eigenvalue weighted by atomic mass is 10.0. The molecular weight excluding hydrogens is 829 g/mol. The summed E-state index contributed by atoms with van der Waals surface area (Å²) in [6.07, 6.45) is 15.0. The largest absolute Gasteiger partial charge is 0.497 e. The highest BCUT2D eigenvalue weighted by molar-refractivity contribution is 7.75. The van der Waals surface area contributed by atoms with Crippen LogP contribution in [0.2, 0.25) is 0 Å². The van der Waals surface area contributed by atoms with Gasteiger partial charge in [0.15, 0.2) is 5.65 Å². The van der Waals surface area contributed by atoms with E-state index >= 15 is 0 Å². The molecule has 2 N–H and O–H groups in total. The van der Waals surface area contributed by atoms with E-state index < -0.39 is 0 Å². The second-order valence-corrected chi connectivity index (χ2v) is 12.5. The van der Waals surface area contributed by atoms with E-state index in [9.17, 15) is 9.59 Å². The van der Waals surface area contributed by atoms with Crippen molar-refractivity contribution in [1.82, 2.24) is 24.5 Å². The van der Waals surface area contributed by atoms with Crippen LogP contribution in [0, 0.1) is 143 Å². The molecule has 1 fully saturated rings. The van der Waals surface area contributed by atoms with Crippen LogP contribution < -0.4 is 15.3 Å². The first kappa shape index (κ1) is 45.9. The van der Waals surface area contributed by atoms with Crippen LogP contribution in [0.15, 0.2) is 51.1 Å². The predicted octanol–water partition coefficient (Wildman–Crippen LogP) is 6.13. The van der Waals surface area contributed by atoms with Crippen molar-refractivity contribution in [2.75, 3.05) is 18.6 Å². The van der Waals surface area contributed by atoms with Gasteiger partial charge in [0, 0.05) is 78.0 Å². The number of thiophene rings is 1. The third-order valence-corrected chi connectivity index (χ3v) is 9.06. The van der Waals surface area contributed by atoms with E-state index in [1.165, 1.54) is 22.2 Å². The number of aromatic nitrogens is 4. The lowest BCUT2D eigenvalue weighted by Gasteiger charge is -2.26. The number of hydrogen-bond donors (Lipinski definition) is 3. The molecule has 0 spiro atoms. The molecule has 1 aliphatic carbocycles. The van der Waals surface area contributed by atoms with Gasteiger partial charge in [-0.2, -0.15) is 19.4 Å². The van der Waals surface area contributed by atoms with E-state index in [-0.39, 0.29) is 35.7 Å². The standard InChI is InChI=1S/C22H21N5O3S.C22H2.H3N5O3S.9H2/c1-30-15-8-4-13(5-9-15)11-26-21-17(18-23-12-24-27(18)22(26)29)16-3-2-10-25(20(16)31-21)19(28)14-6-7-14;1-3-5-7-9-11-13-15-17-19-21-22-20-18-16-14-12-10-8-6-4-2;1-2-3-4-5(7-6)8-9;;;;;;;;;/h4-5,8-9,12,14H,2-3,6-7,10-11H2,1H3;1-2H;1,6,9H;9*1H/b;;2-1?,4-3+;;;;;;;;;. The van der Waals surface area contributed by atoms with Gasteiger partial charge in [0.2, 0.25) is 5.91 Å². The van der Waals surface area contributed by atoms with Gasteiger partial charge in [-0.3, -0.25) is 9.36 Å². The van der Waals surface area contributed by atoms with Crippen LogP contribution in [0.1, 0.15) is 43.2 Å². The number of thiol groups is 1. The van der Waals surface area contributed by atoms with Gasteiger partial charge in [0.05, 0.1) is 19.0 Å².